The summed E-state index contributed by atoms with van der Waals surface area (Å²) in [6.07, 6.45) is 6.12. The van der Waals surface area contributed by atoms with Gasteiger partial charge in [-0.3, -0.25) is 13.9 Å². The Balaban J connectivity index is 1.91. The molecule has 0 aliphatic heterocycles. The summed E-state index contributed by atoms with van der Waals surface area (Å²) in [4.78, 5) is 28.3. The van der Waals surface area contributed by atoms with E-state index in [0.717, 1.165) is 53.8 Å². The Morgan fingerprint density at radius 3 is 2.39 bits per heavy atom. The Bertz CT molecular complexity index is 1200. The van der Waals surface area contributed by atoms with Crippen molar-refractivity contribution in [1.29, 1.82) is 0 Å². The molecule has 3 rings (SSSR count). The van der Waals surface area contributed by atoms with Gasteiger partial charge in [0.15, 0.2) is 0 Å². The first kappa shape index (κ1) is 28.3. The van der Waals surface area contributed by atoms with Crippen molar-refractivity contribution in [3.63, 3.8) is 0 Å². The second-order valence-electron chi connectivity index (χ2n) is 9.33. The number of nitrogens with one attached hydrogen (secondary N) is 1. The first-order chi connectivity index (χ1) is 17.0. The molecule has 7 nitrogen and oxygen atoms in total. The molecule has 1 saturated carbocycles. The van der Waals surface area contributed by atoms with Crippen molar-refractivity contribution in [2.75, 3.05) is 17.1 Å². The van der Waals surface area contributed by atoms with Crippen molar-refractivity contribution in [1.82, 2.24) is 10.2 Å². The third-order valence-electron chi connectivity index (χ3n) is 6.58. The summed E-state index contributed by atoms with van der Waals surface area (Å²) in [6, 6.07) is 11.3. The quantitative estimate of drug-likeness (QED) is 0.476. The number of aryl methyl sites for hydroxylation is 1. The number of sulfonamides is 1. The summed E-state index contributed by atoms with van der Waals surface area (Å²) >= 11 is 12.4. The van der Waals surface area contributed by atoms with Crippen LogP contribution in [0.2, 0.25) is 10.0 Å². The van der Waals surface area contributed by atoms with Crippen LogP contribution in [0.25, 0.3) is 0 Å². The molecule has 2 amide bonds. The Labute approximate surface area is 223 Å². The van der Waals surface area contributed by atoms with Crippen molar-refractivity contribution >= 4 is 50.7 Å². The van der Waals surface area contributed by atoms with E-state index in [9.17, 15) is 18.0 Å². The summed E-state index contributed by atoms with van der Waals surface area (Å²) in [5.74, 6) is -0.776. The highest BCUT2D eigenvalue weighted by Crippen LogP contribution is 2.31. The molecule has 0 saturated heterocycles. The fraction of sp³-hybridized carbons (Fsp3) is 0.462. The number of halogens is 2. The van der Waals surface area contributed by atoms with E-state index in [2.05, 4.69) is 5.32 Å². The van der Waals surface area contributed by atoms with E-state index in [1.165, 1.54) is 23.1 Å². The standard InChI is InChI=1S/C26H33Cl2N3O4S/c1-18-9-7-8-10-20(18)16-30(19(2)26(33)29-22-11-5-4-6-12-22)25(32)17-31(36(3,34)35)24-15-21(27)13-14-23(24)28/h7-10,13-15,19,22H,4-6,11-12,16-17H2,1-3H3,(H,29,33)/t19-/m0/s1. The van der Waals surface area contributed by atoms with Gasteiger partial charge < -0.3 is 10.2 Å². The van der Waals surface area contributed by atoms with Crippen molar-refractivity contribution in [3.8, 4) is 0 Å². The highest BCUT2D eigenvalue weighted by Gasteiger charge is 2.32. The van der Waals surface area contributed by atoms with Gasteiger partial charge in [0.25, 0.3) is 0 Å². The average molecular weight is 555 g/mol. The van der Waals surface area contributed by atoms with Gasteiger partial charge in [-0.1, -0.05) is 66.7 Å². The van der Waals surface area contributed by atoms with Gasteiger partial charge in [-0.25, -0.2) is 8.42 Å². The fourth-order valence-corrected chi connectivity index (χ4v) is 5.68. The van der Waals surface area contributed by atoms with Gasteiger partial charge in [0.05, 0.1) is 17.0 Å². The zero-order valence-corrected chi connectivity index (χ0v) is 23.2. The van der Waals surface area contributed by atoms with Crippen LogP contribution < -0.4 is 9.62 Å². The Hall–Kier alpha value is -2.29. The molecule has 196 valence electrons. The molecule has 0 heterocycles. The van der Waals surface area contributed by atoms with Gasteiger partial charge in [-0.15, -0.1) is 0 Å². The first-order valence-electron chi connectivity index (χ1n) is 12.0. The van der Waals surface area contributed by atoms with Crippen LogP contribution in [0.15, 0.2) is 42.5 Å². The highest BCUT2D eigenvalue weighted by molar-refractivity contribution is 7.92. The minimum atomic E-state index is -3.89. The van der Waals surface area contributed by atoms with Crippen molar-refractivity contribution in [2.24, 2.45) is 0 Å². The van der Waals surface area contributed by atoms with E-state index < -0.39 is 28.5 Å². The number of carbonyl (C=O) groups is 2. The predicted octanol–water partition coefficient (Wildman–Crippen LogP) is 4.93. The molecular formula is C26H33Cl2N3O4S. The van der Waals surface area contributed by atoms with Gasteiger partial charge in [0.1, 0.15) is 12.6 Å². The smallest absolute Gasteiger partial charge is 0.244 e. The molecule has 0 spiro atoms. The molecule has 10 heteroatoms. The molecule has 0 aromatic heterocycles. The van der Waals surface area contributed by atoms with Gasteiger partial charge >= 0.3 is 0 Å². The van der Waals surface area contributed by atoms with Gasteiger partial charge in [-0.05, 0) is 56.0 Å². The Morgan fingerprint density at radius 2 is 1.75 bits per heavy atom. The highest BCUT2D eigenvalue weighted by atomic mass is 35.5. The number of anilines is 1. The summed E-state index contributed by atoms with van der Waals surface area (Å²) in [6.45, 7) is 3.24. The molecule has 2 aromatic rings. The number of carbonyl (C=O) groups excluding carboxylic acids is 2. The van der Waals surface area contributed by atoms with Crippen LogP contribution in [0, 0.1) is 6.92 Å². The minimum Gasteiger partial charge on any atom is -0.352 e. The second kappa shape index (κ2) is 12.3. The maximum absolute atomic E-state index is 13.7. The number of amides is 2. The van der Waals surface area contributed by atoms with E-state index in [1.807, 2.05) is 31.2 Å². The van der Waals surface area contributed by atoms with E-state index in [4.69, 9.17) is 23.2 Å². The third-order valence-corrected chi connectivity index (χ3v) is 8.26. The number of benzene rings is 2. The lowest BCUT2D eigenvalue weighted by Gasteiger charge is -2.33. The molecule has 0 radical (unpaired) electrons. The lowest BCUT2D eigenvalue weighted by Crippen LogP contribution is -2.53. The van der Waals surface area contributed by atoms with Crippen molar-refractivity contribution in [3.05, 3.63) is 63.6 Å². The van der Waals surface area contributed by atoms with Crippen LogP contribution in [0.4, 0.5) is 5.69 Å². The normalized spacial score (nSPS) is 15.2. The van der Waals surface area contributed by atoms with Crippen molar-refractivity contribution in [2.45, 2.75) is 64.6 Å². The van der Waals surface area contributed by atoms with Crippen LogP contribution in [0.5, 0.6) is 0 Å². The maximum Gasteiger partial charge on any atom is 0.244 e. The van der Waals surface area contributed by atoms with Gasteiger partial charge in [-0.2, -0.15) is 0 Å². The summed E-state index contributed by atoms with van der Waals surface area (Å²) < 4.78 is 26.3. The summed E-state index contributed by atoms with van der Waals surface area (Å²) in [7, 11) is -3.89. The van der Waals surface area contributed by atoms with Crippen LogP contribution in [0.3, 0.4) is 0 Å². The van der Waals surface area contributed by atoms with Crippen LogP contribution in [-0.2, 0) is 26.2 Å². The fourth-order valence-electron chi connectivity index (χ4n) is 4.39. The lowest BCUT2D eigenvalue weighted by atomic mass is 9.95. The van der Waals surface area contributed by atoms with Crippen LogP contribution in [0.1, 0.15) is 50.2 Å². The maximum atomic E-state index is 13.7. The SMILES string of the molecule is Cc1ccccc1CN(C(=O)CN(c1cc(Cl)ccc1Cl)S(C)(=O)=O)[C@@H](C)C(=O)NC1CCCCC1. The number of hydrogen-bond acceptors (Lipinski definition) is 4. The summed E-state index contributed by atoms with van der Waals surface area (Å²) in [5, 5.41) is 3.51. The lowest BCUT2D eigenvalue weighted by molar-refractivity contribution is -0.139. The van der Waals surface area contributed by atoms with E-state index >= 15 is 0 Å². The molecule has 1 N–H and O–H groups in total. The zero-order chi connectivity index (χ0) is 26.5. The second-order valence-corrected chi connectivity index (χ2v) is 12.1. The molecule has 36 heavy (non-hydrogen) atoms. The molecule has 1 aliphatic carbocycles. The monoisotopic (exact) mass is 553 g/mol. The number of hydrogen-bond donors (Lipinski definition) is 1. The molecule has 1 aliphatic rings. The van der Waals surface area contributed by atoms with Crippen LogP contribution >= 0.6 is 23.2 Å². The molecule has 2 aromatic carbocycles. The van der Waals surface area contributed by atoms with E-state index in [-0.39, 0.29) is 34.2 Å². The molecule has 0 bridgehead atoms. The van der Waals surface area contributed by atoms with E-state index in [0.29, 0.717) is 0 Å². The Morgan fingerprint density at radius 1 is 1.08 bits per heavy atom. The van der Waals surface area contributed by atoms with Crippen LogP contribution in [-0.4, -0.2) is 50.0 Å². The predicted molar refractivity (Wildman–Crippen MR) is 145 cm³/mol. The average Bonchev–Trinajstić information content (AvgIpc) is 2.83. The molecule has 1 atom stereocenters. The number of rotatable bonds is 9. The molecule has 0 unspecified atom stereocenters. The van der Waals surface area contributed by atoms with Gasteiger partial charge in [0.2, 0.25) is 21.8 Å². The summed E-state index contributed by atoms with van der Waals surface area (Å²) in [5.41, 5.74) is 1.94. The van der Waals surface area contributed by atoms with E-state index in [1.54, 1.807) is 6.92 Å². The minimum absolute atomic E-state index is 0.0851. The topological polar surface area (TPSA) is 86.8 Å². The van der Waals surface area contributed by atoms with Gasteiger partial charge in [0, 0.05) is 17.6 Å². The largest absolute Gasteiger partial charge is 0.352 e. The first-order valence-corrected chi connectivity index (χ1v) is 14.6. The number of nitrogens with zero attached hydrogens (tertiary/aromatic N) is 2. The third kappa shape index (κ3) is 7.37. The molecule has 1 fully saturated rings. The Kier molecular flexibility index (Phi) is 9.66. The molecular weight excluding hydrogens is 521 g/mol. The van der Waals surface area contributed by atoms with Crippen molar-refractivity contribution < 1.29 is 18.0 Å². The zero-order valence-electron chi connectivity index (χ0n) is 20.8.